The Bertz CT molecular complexity index is 1190. The third-order valence-electron chi connectivity index (χ3n) is 15.6. The maximum atomic E-state index is 13.8. The van der Waals surface area contributed by atoms with Gasteiger partial charge in [-0.15, -0.1) is 0 Å². The van der Waals surface area contributed by atoms with Crippen LogP contribution in [0.25, 0.3) is 0 Å². The Balaban J connectivity index is 1.14. The van der Waals surface area contributed by atoms with Crippen molar-refractivity contribution in [2.24, 2.45) is 50.7 Å². The zero-order valence-corrected chi connectivity index (χ0v) is 28.9. The number of carbonyl (C=O) groups excluding carboxylic acids is 1. The maximum absolute atomic E-state index is 13.8. The molecular weight excluding hydrogens is 592 g/mol. The van der Waals surface area contributed by atoms with Crippen molar-refractivity contribution in [2.45, 2.75) is 161 Å². The molecule has 5 aliphatic carbocycles. The van der Waals surface area contributed by atoms with Gasteiger partial charge < -0.3 is 45.2 Å². The molecule has 0 aromatic heterocycles. The normalized spacial score (nSPS) is 52.6. The van der Waals surface area contributed by atoms with E-state index in [2.05, 4.69) is 34.6 Å². The summed E-state index contributed by atoms with van der Waals surface area (Å²) < 4.78 is 11.5. The van der Waals surface area contributed by atoms with Gasteiger partial charge in [-0.25, -0.2) is 0 Å². The van der Waals surface area contributed by atoms with Crippen LogP contribution >= 0.6 is 0 Å². The van der Waals surface area contributed by atoms with Crippen LogP contribution in [0.15, 0.2) is 0 Å². The first-order valence-corrected chi connectivity index (χ1v) is 17.8. The fraction of sp³-hybridized carbons (Fsp3) is 0.972. The summed E-state index contributed by atoms with van der Waals surface area (Å²) in [6.45, 7) is 14.1. The standard InChI is InChI=1S/C36H60O10/c1-18(8-9-23(39)32(4,5)46-30-28(44)27(43)26(42)21(16-37)45-30)19-10-11-34(7)29-20(38)14-22-31(2,3)24(40)15-25(41)36(22)17-35(29,36)13-12-33(19,34)6/h18-24,26-30,37-40,42-44H,8-17H2,1-7H3/t18-,19-,20+,21-,22+,23+,24-,26-,27+,28-,29+,30+,33-,34+,35+,36-/m1/s1. The summed E-state index contributed by atoms with van der Waals surface area (Å²) in [5.41, 5.74) is -2.29. The number of Topliss-reactive ketones (excluding diaryl/α,β-unsaturated/α-hetero) is 1. The lowest BCUT2D eigenvalue weighted by atomic mass is 9.41. The molecule has 7 N–H and O–H groups in total. The van der Waals surface area contributed by atoms with Crippen LogP contribution in [-0.4, -0.2) is 103 Å². The molecule has 5 saturated carbocycles. The molecule has 10 nitrogen and oxygen atoms in total. The number of carbonyl (C=O) groups is 1. The van der Waals surface area contributed by atoms with E-state index in [0.29, 0.717) is 18.8 Å². The summed E-state index contributed by atoms with van der Waals surface area (Å²) in [4.78, 5) is 13.8. The van der Waals surface area contributed by atoms with Crippen LogP contribution in [0, 0.1) is 50.7 Å². The molecule has 0 unspecified atom stereocenters. The van der Waals surface area contributed by atoms with Gasteiger partial charge in [0, 0.05) is 11.8 Å². The summed E-state index contributed by atoms with van der Waals surface area (Å²) >= 11 is 0. The van der Waals surface area contributed by atoms with E-state index in [9.17, 15) is 40.5 Å². The Kier molecular flexibility index (Phi) is 8.52. The van der Waals surface area contributed by atoms with Crippen LogP contribution in [0.5, 0.6) is 0 Å². The lowest BCUT2D eigenvalue weighted by Crippen LogP contribution is -2.63. The number of aliphatic hydroxyl groups excluding tert-OH is 7. The van der Waals surface area contributed by atoms with Gasteiger partial charge in [-0.1, -0.05) is 34.6 Å². The van der Waals surface area contributed by atoms with Crippen molar-refractivity contribution in [3.63, 3.8) is 0 Å². The molecule has 6 rings (SSSR count). The van der Waals surface area contributed by atoms with E-state index < -0.39 is 72.1 Å². The van der Waals surface area contributed by atoms with Gasteiger partial charge in [-0.2, -0.15) is 0 Å². The highest BCUT2D eigenvalue weighted by atomic mass is 16.7. The van der Waals surface area contributed by atoms with Crippen molar-refractivity contribution < 1.29 is 50.0 Å². The highest BCUT2D eigenvalue weighted by Crippen LogP contribution is 2.88. The first kappa shape index (κ1) is 35.1. The van der Waals surface area contributed by atoms with Gasteiger partial charge in [-0.05, 0) is 111 Å². The van der Waals surface area contributed by atoms with Gasteiger partial charge in [0.25, 0.3) is 0 Å². The Hall–Kier alpha value is -0.690. The molecule has 2 spiro atoms. The first-order valence-electron chi connectivity index (χ1n) is 17.8. The molecule has 46 heavy (non-hydrogen) atoms. The second-order valence-electron chi connectivity index (χ2n) is 18.1. The lowest BCUT2D eigenvalue weighted by Gasteiger charge is -2.64. The topological polar surface area (TPSA) is 177 Å². The summed E-state index contributed by atoms with van der Waals surface area (Å²) in [5, 5.41) is 74.4. The minimum absolute atomic E-state index is 0.00150. The van der Waals surface area contributed by atoms with Crippen LogP contribution in [0.3, 0.4) is 0 Å². The van der Waals surface area contributed by atoms with Gasteiger partial charge in [-0.3, -0.25) is 4.79 Å². The smallest absolute Gasteiger partial charge is 0.187 e. The molecule has 6 aliphatic rings. The lowest BCUT2D eigenvalue weighted by molar-refractivity contribution is -0.331. The molecule has 6 fully saturated rings. The minimum Gasteiger partial charge on any atom is -0.394 e. The molecule has 1 aliphatic heterocycles. The molecule has 264 valence electrons. The van der Waals surface area contributed by atoms with Crippen LogP contribution < -0.4 is 0 Å². The van der Waals surface area contributed by atoms with Crippen molar-refractivity contribution in [1.82, 2.24) is 0 Å². The highest BCUT2D eigenvalue weighted by Gasteiger charge is 2.86. The average molecular weight is 653 g/mol. The Morgan fingerprint density at radius 1 is 0.957 bits per heavy atom. The molecular formula is C36H60O10. The monoisotopic (exact) mass is 652 g/mol. The van der Waals surface area contributed by atoms with Crippen LogP contribution in [0.1, 0.15) is 106 Å². The van der Waals surface area contributed by atoms with E-state index in [0.717, 1.165) is 38.5 Å². The van der Waals surface area contributed by atoms with Crippen molar-refractivity contribution >= 4 is 5.78 Å². The van der Waals surface area contributed by atoms with E-state index >= 15 is 0 Å². The first-order chi connectivity index (χ1) is 21.2. The third kappa shape index (κ3) is 4.57. The van der Waals surface area contributed by atoms with Gasteiger partial charge in [0.1, 0.15) is 30.2 Å². The zero-order chi connectivity index (χ0) is 34.0. The van der Waals surface area contributed by atoms with Crippen molar-refractivity contribution in [3.8, 4) is 0 Å². The number of fused-ring (bicyclic) bond motifs is 2. The number of ether oxygens (including phenoxy) is 2. The average Bonchev–Trinajstić information content (AvgIpc) is 3.58. The van der Waals surface area contributed by atoms with E-state index in [1.54, 1.807) is 13.8 Å². The molecule has 10 heteroatoms. The van der Waals surface area contributed by atoms with Gasteiger partial charge >= 0.3 is 0 Å². The Morgan fingerprint density at radius 2 is 1.63 bits per heavy atom. The van der Waals surface area contributed by atoms with Gasteiger partial charge in [0.2, 0.25) is 0 Å². The fourth-order valence-electron chi connectivity index (χ4n) is 12.5. The van der Waals surface area contributed by atoms with Gasteiger partial charge in [0.15, 0.2) is 6.29 Å². The van der Waals surface area contributed by atoms with E-state index in [1.165, 1.54) is 0 Å². The number of aliphatic hydroxyl groups is 7. The minimum atomic E-state index is -1.55. The van der Waals surface area contributed by atoms with Crippen LogP contribution in [0.2, 0.25) is 0 Å². The van der Waals surface area contributed by atoms with E-state index in [1.807, 2.05) is 0 Å². The number of hydrogen-bond acceptors (Lipinski definition) is 10. The second kappa shape index (κ2) is 11.2. The fourth-order valence-corrected chi connectivity index (χ4v) is 12.5. The summed E-state index contributed by atoms with van der Waals surface area (Å²) in [5.74, 6) is 0.946. The van der Waals surface area contributed by atoms with E-state index in [-0.39, 0.29) is 46.2 Å². The molecule has 1 heterocycles. The SMILES string of the molecule is C[C@H](CC[C@H](O)C(C)(C)O[C@@H]1O[C@H](CO)[C@@H](O)[C@H](O)[C@H]1O)[C@H]1CC[C@@]2(C)[C@@H]3[C@@H](O)C[C@H]4C(C)(C)[C@H](O)CC(=O)[C@@]45C[C@@]35CC[C@]12C. The predicted molar refractivity (Wildman–Crippen MR) is 168 cm³/mol. The molecule has 0 amide bonds. The molecule has 0 radical (unpaired) electrons. The summed E-state index contributed by atoms with van der Waals surface area (Å²) in [6, 6.07) is 0. The van der Waals surface area contributed by atoms with Gasteiger partial charge in [0.05, 0.1) is 30.5 Å². The second-order valence-corrected chi connectivity index (χ2v) is 18.1. The highest BCUT2D eigenvalue weighted by molar-refractivity contribution is 5.91. The largest absolute Gasteiger partial charge is 0.394 e. The van der Waals surface area contributed by atoms with E-state index in [4.69, 9.17) is 9.47 Å². The Morgan fingerprint density at radius 3 is 2.28 bits per heavy atom. The predicted octanol–water partition coefficient (Wildman–Crippen LogP) is 2.31. The molecule has 1 saturated heterocycles. The van der Waals surface area contributed by atoms with Crippen molar-refractivity contribution in [2.75, 3.05) is 6.61 Å². The number of rotatable bonds is 8. The Labute approximate surface area is 273 Å². The quantitative estimate of drug-likeness (QED) is 0.206. The van der Waals surface area contributed by atoms with Crippen LogP contribution in [0.4, 0.5) is 0 Å². The number of ketones is 1. The van der Waals surface area contributed by atoms with Crippen LogP contribution in [-0.2, 0) is 14.3 Å². The molecule has 0 aromatic rings. The summed E-state index contributed by atoms with van der Waals surface area (Å²) in [6.07, 6.45) is -2.25. The zero-order valence-electron chi connectivity index (χ0n) is 28.9. The van der Waals surface area contributed by atoms with Crippen molar-refractivity contribution in [1.29, 1.82) is 0 Å². The molecule has 0 aromatic carbocycles. The third-order valence-corrected chi connectivity index (χ3v) is 15.6. The summed E-state index contributed by atoms with van der Waals surface area (Å²) in [7, 11) is 0. The number of hydrogen-bond donors (Lipinski definition) is 7. The molecule has 16 atom stereocenters. The maximum Gasteiger partial charge on any atom is 0.187 e. The molecule has 0 bridgehead atoms. The van der Waals surface area contributed by atoms with Crippen molar-refractivity contribution in [3.05, 3.63) is 0 Å².